The zero-order chi connectivity index (χ0) is 27.1. The molecule has 0 bridgehead atoms. The summed E-state index contributed by atoms with van der Waals surface area (Å²) in [6.07, 6.45) is 2.09. The van der Waals surface area contributed by atoms with Gasteiger partial charge in [-0.05, 0) is 24.1 Å². The molecule has 0 saturated carbocycles. The number of rotatable bonds is 6. The molecule has 5 heterocycles. The van der Waals surface area contributed by atoms with Crippen LogP contribution in [-0.2, 0) is 34.6 Å². The number of nitrogens with zero attached hydrogens (tertiary/aromatic N) is 5. The number of likely N-dealkylation sites (tertiary alicyclic amines) is 1. The summed E-state index contributed by atoms with van der Waals surface area (Å²) in [5.74, 6) is -1.17. The number of alkyl halides is 1. The Balaban J connectivity index is 1.22. The number of fused-ring (bicyclic) bond motifs is 2. The van der Waals surface area contributed by atoms with E-state index in [1.54, 1.807) is 16.8 Å². The molecule has 2 fully saturated rings. The van der Waals surface area contributed by atoms with E-state index in [4.69, 9.17) is 27.9 Å². The Kier molecular flexibility index (Phi) is 5.62. The second-order valence-corrected chi connectivity index (χ2v) is 12.0. The van der Waals surface area contributed by atoms with Gasteiger partial charge in [-0.1, -0.05) is 47.5 Å². The second-order valence-electron chi connectivity index (χ2n) is 11.3. The number of carboxylic acid groups (broad SMARTS) is 1. The zero-order valence-electron chi connectivity index (χ0n) is 21.2. The van der Waals surface area contributed by atoms with Gasteiger partial charge in [0.2, 0.25) is 0 Å². The maximum absolute atomic E-state index is 14.1. The summed E-state index contributed by atoms with van der Waals surface area (Å²) < 4.78 is 22.4. The average Bonchev–Trinajstić information content (AvgIpc) is 3.57. The number of aromatic nitrogens is 4. The molecule has 4 aromatic rings. The smallest absolute Gasteiger partial charge is 0.337 e. The molecule has 7 rings (SSSR count). The molecule has 0 unspecified atom stereocenters. The predicted molar refractivity (Wildman–Crippen MR) is 145 cm³/mol. The van der Waals surface area contributed by atoms with Crippen LogP contribution in [0.4, 0.5) is 4.39 Å². The Hall–Kier alpha value is -2.98. The van der Waals surface area contributed by atoms with E-state index in [1.807, 2.05) is 12.1 Å². The third kappa shape index (κ3) is 3.82. The highest BCUT2D eigenvalue weighted by Gasteiger charge is 2.48. The number of halogens is 3. The molecule has 1 N–H and O–H groups in total. The van der Waals surface area contributed by atoms with Gasteiger partial charge in [0, 0.05) is 54.3 Å². The van der Waals surface area contributed by atoms with Gasteiger partial charge in [-0.2, -0.15) is 5.10 Å². The maximum atomic E-state index is 14.1. The number of ether oxygens (including phenoxy) is 1. The van der Waals surface area contributed by atoms with Crippen LogP contribution in [0.1, 0.15) is 23.9 Å². The standard InChI is InChI=1S/C28H26Cl2FN5O3/c1-27(26(37)38,25-22-6-18(31)9-35(22)15-32-25)36-10-20-21(29)7-19(23(30)24(20)33-36)17-4-2-16(3-5-17)8-34-11-28(12-34)13-39-14-28/h2-5,7,10,15,18H,6,8-9,11-14H2,1H3,(H,37,38)/t18-,27-/m1/s1. The molecule has 2 saturated heterocycles. The molecule has 0 amide bonds. The van der Waals surface area contributed by atoms with Crippen LogP contribution < -0.4 is 0 Å². The van der Waals surface area contributed by atoms with Crippen LogP contribution >= 0.6 is 23.2 Å². The first-order valence-corrected chi connectivity index (χ1v) is 13.6. The fourth-order valence-corrected chi connectivity index (χ4v) is 6.71. The zero-order valence-corrected chi connectivity index (χ0v) is 22.7. The summed E-state index contributed by atoms with van der Waals surface area (Å²) in [5.41, 5.74) is 2.71. The van der Waals surface area contributed by atoms with Crippen molar-refractivity contribution in [3.63, 3.8) is 0 Å². The molecule has 8 nitrogen and oxygen atoms in total. The molecule has 39 heavy (non-hydrogen) atoms. The summed E-state index contributed by atoms with van der Waals surface area (Å²) in [5, 5.41) is 16.3. The van der Waals surface area contributed by atoms with E-state index in [1.165, 1.54) is 23.5 Å². The molecule has 3 aliphatic rings. The van der Waals surface area contributed by atoms with Crippen LogP contribution in [0.5, 0.6) is 0 Å². The monoisotopic (exact) mass is 569 g/mol. The van der Waals surface area contributed by atoms with E-state index in [0.717, 1.165) is 38.4 Å². The van der Waals surface area contributed by atoms with E-state index in [2.05, 4.69) is 27.1 Å². The first-order chi connectivity index (χ1) is 18.7. The molecular weight excluding hydrogens is 544 g/mol. The number of hydrogen-bond donors (Lipinski definition) is 1. The minimum Gasteiger partial charge on any atom is -0.479 e. The van der Waals surface area contributed by atoms with Crippen molar-refractivity contribution < 1.29 is 19.0 Å². The molecule has 0 aliphatic carbocycles. The van der Waals surface area contributed by atoms with Crippen molar-refractivity contribution in [3.8, 4) is 11.1 Å². The lowest BCUT2D eigenvalue weighted by molar-refractivity contribution is -0.191. The first-order valence-electron chi connectivity index (χ1n) is 12.9. The highest BCUT2D eigenvalue weighted by molar-refractivity contribution is 6.42. The highest BCUT2D eigenvalue weighted by atomic mass is 35.5. The lowest BCUT2D eigenvalue weighted by Gasteiger charge is -2.55. The largest absolute Gasteiger partial charge is 0.479 e. The molecule has 202 valence electrons. The van der Waals surface area contributed by atoms with Crippen LogP contribution in [0.25, 0.3) is 22.0 Å². The van der Waals surface area contributed by atoms with Gasteiger partial charge in [-0.15, -0.1) is 0 Å². The van der Waals surface area contributed by atoms with Gasteiger partial charge < -0.3 is 14.4 Å². The van der Waals surface area contributed by atoms with Crippen molar-refractivity contribution in [1.29, 1.82) is 0 Å². The molecule has 2 aromatic carbocycles. The minimum absolute atomic E-state index is 0.105. The van der Waals surface area contributed by atoms with Crippen LogP contribution in [0.15, 0.2) is 42.9 Å². The Morgan fingerprint density at radius 3 is 2.67 bits per heavy atom. The minimum atomic E-state index is -1.68. The lowest BCUT2D eigenvalue weighted by atomic mass is 9.78. The van der Waals surface area contributed by atoms with Gasteiger partial charge in [0.25, 0.3) is 0 Å². The van der Waals surface area contributed by atoms with Gasteiger partial charge in [-0.25, -0.2) is 18.9 Å². The van der Waals surface area contributed by atoms with Crippen LogP contribution in [0, 0.1) is 5.41 Å². The Bertz CT molecular complexity index is 1620. The van der Waals surface area contributed by atoms with E-state index < -0.39 is 17.7 Å². The van der Waals surface area contributed by atoms with Crippen molar-refractivity contribution in [1.82, 2.24) is 24.2 Å². The number of hydrogen-bond acceptors (Lipinski definition) is 5. The Morgan fingerprint density at radius 1 is 1.26 bits per heavy atom. The van der Waals surface area contributed by atoms with Crippen molar-refractivity contribution >= 4 is 40.1 Å². The fourth-order valence-electron chi connectivity index (χ4n) is 6.16. The van der Waals surface area contributed by atoms with Gasteiger partial charge >= 0.3 is 5.97 Å². The molecule has 3 aliphatic heterocycles. The van der Waals surface area contributed by atoms with Crippen molar-refractivity contribution in [2.45, 2.75) is 38.1 Å². The number of imidazole rings is 1. The van der Waals surface area contributed by atoms with E-state index in [9.17, 15) is 14.3 Å². The van der Waals surface area contributed by atoms with Gasteiger partial charge in [0.15, 0.2) is 5.54 Å². The molecule has 2 aromatic heterocycles. The Labute approximate surface area is 233 Å². The number of carboxylic acids is 1. The van der Waals surface area contributed by atoms with Crippen LogP contribution in [-0.4, -0.2) is 67.8 Å². The Morgan fingerprint density at radius 2 is 2.00 bits per heavy atom. The lowest BCUT2D eigenvalue weighted by Crippen LogP contribution is -2.65. The number of aliphatic carboxylic acids is 1. The van der Waals surface area contributed by atoms with Gasteiger partial charge in [0.05, 0.1) is 36.1 Å². The second kappa shape index (κ2) is 8.76. The fraction of sp³-hybridized carbons (Fsp3) is 0.393. The van der Waals surface area contributed by atoms with Crippen LogP contribution in [0.2, 0.25) is 10.0 Å². The molecule has 11 heteroatoms. The average molecular weight is 570 g/mol. The summed E-state index contributed by atoms with van der Waals surface area (Å²) in [6.45, 7) is 6.43. The quantitative estimate of drug-likeness (QED) is 0.359. The first kappa shape index (κ1) is 25.0. The molecule has 2 atom stereocenters. The van der Waals surface area contributed by atoms with E-state index in [0.29, 0.717) is 37.6 Å². The molecular formula is C28H26Cl2FN5O3. The summed E-state index contributed by atoms with van der Waals surface area (Å²) >= 11 is 13.6. The van der Waals surface area contributed by atoms with Crippen LogP contribution in [0.3, 0.4) is 0 Å². The van der Waals surface area contributed by atoms with Gasteiger partial charge in [0.1, 0.15) is 17.4 Å². The molecule has 0 radical (unpaired) electrons. The van der Waals surface area contributed by atoms with Crippen molar-refractivity contribution in [3.05, 3.63) is 69.9 Å². The van der Waals surface area contributed by atoms with E-state index in [-0.39, 0.29) is 18.7 Å². The third-order valence-corrected chi connectivity index (χ3v) is 9.08. The predicted octanol–water partition coefficient (Wildman–Crippen LogP) is 4.78. The van der Waals surface area contributed by atoms with Crippen molar-refractivity contribution in [2.24, 2.45) is 5.41 Å². The number of benzene rings is 2. The van der Waals surface area contributed by atoms with Gasteiger partial charge in [-0.3, -0.25) is 4.90 Å². The summed E-state index contributed by atoms with van der Waals surface area (Å²) in [4.78, 5) is 19.4. The third-order valence-electron chi connectivity index (χ3n) is 8.38. The maximum Gasteiger partial charge on any atom is 0.337 e. The van der Waals surface area contributed by atoms with E-state index >= 15 is 0 Å². The SMILES string of the molecule is C[C@](C(=O)O)(c1ncn2c1C[C@@H](F)C2)n1cc2c(Cl)cc(-c3ccc(CN4CC5(COC5)C4)cc3)c(Cl)c2n1. The topological polar surface area (TPSA) is 85.4 Å². The molecule has 1 spiro atoms. The number of carbonyl (C=O) groups is 1. The summed E-state index contributed by atoms with van der Waals surface area (Å²) in [7, 11) is 0. The highest BCUT2D eigenvalue weighted by Crippen LogP contribution is 2.41. The normalized spacial score (nSPS) is 21.5. The van der Waals surface area contributed by atoms with Crippen molar-refractivity contribution in [2.75, 3.05) is 26.3 Å². The summed E-state index contributed by atoms with van der Waals surface area (Å²) in [6, 6.07) is 9.98.